The van der Waals surface area contributed by atoms with E-state index in [-0.39, 0.29) is 33.5 Å². The van der Waals surface area contributed by atoms with E-state index in [1.54, 1.807) is 17.9 Å². The molecule has 1 spiro atoms. The number of carbonyl (C=O) groups is 2. The van der Waals surface area contributed by atoms with Crippen molar-refractivity contribution < 1.29 is 14.5 Å². The van der Waals surface area contributed by atoms with Crippen LogP contribution in [-0.2, 0) is 10.2 Å². The van der Waals surface area contributed by atoms with Gasteiger partial charge in [-0.05, 0) is 74.6 Å². The molecule has 2 heterocycles. The molecule has 0 atom stereocenters. The maximum absolute atomic E-state index is 13.5. The van der Waals surface area contributed by atoms with E-state index in [0.717, 1.165) is 44.1 Å². The van der Waals surface area contributed by atoms with E-state index in [1.807, 2.05) is 17.0 Å². The average molecular weight is 565 g/mol. The number of halogens is 3. The summed E-state index contributed by atoms with van der Waals surface area (Å²) in [5.74, 6) is -0.0470. The van der Waals surface area contributed by atoms with Crippen LogP contribution in [-0.4, -0.2) is 52.7 Å². The van der Waals surface area contributed by atoms with Crippen molar-refractivity contribution in [2.24, 2.45) is 5.41 Å². The molecule has 3 fully saturated rings. The molecular formula is C27H28Cl3N3O4. The van der Waals surface area contributed by atoms with Crippen molar-refractivity contribution in [2.75, 3.05) is 26.2 Å². The number of carbonyl (C=O) groups excluding carboxylic acids is 2. The van der Waals surface area contributed by atoms with Crippen molar-refractivity contribution in [1.29, 1.82) is 0 Å². The fraction of sp³-hybridized carbons (Fsp3) is 0.481. The van der Waals surface area contributed by atoms with Gasteiger partial charge in [0.1, 0.15) is 0 Å². The van der Waals surface area contributed by atoms with Crippen LogP contribution in [0.4, 0.5) is 5.69 Å². The molecule has 7 nitrogen and oxygen atoms in total. The zero-order valence-corrected chi connectivity index (χ0v) is 22.8. The Morgan fingerprint density at radius 1 is 0.865 bits per heavy atom. The minimum Gasteiger partial charge on any atom is -0.342 e. The second-order valence-electron chi connectivity index (χ2n) is 10.6. The van der Waals surface area contributed by atoms with Gasteiger partial charge >= 0.3 is 0 Å². The summed E-state index contributed by atoms with van der Waals surface area (Å²) in [6.07, 6.45) is 5.15. The number of amides is 2. The van der Waals surface area contributed by atoms with Gasteiger partial charge in [-0.1, -0.05) is 40.9 Å². The lowest BCUT2D eigenvalue weighted by molar-refractivity contribution is -0.385. The molecule has 10 heteroatoms. The van der Waals surface area contributed by atoms with Gasteiger partial charge in [0.05, 0.1) is 25.9 Å². The first kappa shape index (κ1) is 26.3. The summed E-state index contributed by atoms with van der Waals surface area (Å²) in [5.41, 5.74) is 1.04. The standard InChI is InChI=1S/C27H28Cl3N3O4/c1-17-20(15-19(28)16-23(17)33(36)37)24(34)31-10-6-26(7-11-31)8-12-32(13-9-26)25(35)27(4-5-27)18-2-3-21(29)22(30)14-18/h2-3,14-16H,4-13H2,1H3. The van der Waals surface area contributed by atoms with Crippen molar-refractivity contribution in [3.05, 3.63) is 72.2 Å². The average Bonchev–Trinajstić information content (AvgIpc) is 3.69. The summed E-state index contributed by atoms with van der Waals surface area (Å²) in [4.78, 5) is 41.4. The molecule has 3 aliphatic rings. The first-order chi connectivity index (χ1) is 17.5. The van der Waals surface area contributed by atoms with Crippen molar-refractivity contribution in [1.82, 2.24) is 9.80 Å². The van der Waals surface area contributed by atoms with Gasteiger partial charge in [0, 0.05) is 42.8 Å². The lowest BCUT2D eigenvalue weighted by Crippen LogP contribution is -2.51. The highest BCUT2D eigenvalue weighted by Crippen LogP contribution is 2.52. The van der Waals surface area contributed by atoms with E-state index in [2.05, 4.69) is 0 Å². The highest BCUT2D eigenvalue weighted by atomic mass is 35.5. The number of nitrogens with zero attached hydrogens (tertiary/aromatic N) is 3. The number of nitro benzene ring substituents is 1. The zero-order valence-electron chi connectivity index (χ0n) is 20.6. The van der Waals surface area contributed by atoms with Crippen LogP contribution in [0.15, 0.2) is 30.3 Å². The van der Waals surface area contributed by atoms with Gasteiger partial charge in [-0.3, -0.25) is 19.7 Å². The fourth-order valence-corrected chi connectivity index (χ4v) is 6.47. The molecule has 5 rings (SSSR count). The summed E-state index contributed by atoms with van der Waals surface area (Å²) in [5, 5.41) is 12.5. The summed E-state index contributed by atoms with van der Waals surface area (Å²) >= 11 is 18.4. The maximum Gasteiger partial charge on any atom is 0.274 e. The van der Waals surface area contributed by atoms with E-state index in [4.69, 9.17) is 34.8 Å². The Morgan fingerprint density at radius 2 is 1.46 bits per heavy atom. The molecule has 0 bridgehead atoms. The van der Waals surface area contributed by atoms with Crippen molar-refractivity contribution in [3.8, 4) is 0 Å². The Morgan fingerprint density at radius 3 is 2.00 bits per heavy atom. The molecule has 2 aromatic rings. The second kappa shape index (κ2) is 9.75. The number of benzene rings is 2. The molecule has 2 amide bonds. The van der Waals surface area contributed by atoms with E-state index in [1.165, 1.54) is 12.1 Å². The molecule has 2 saturated heterocycles. The van der Waals surface area contributed by atoms with Crippen LogP contribution in [0.25, 0.3) is 0 Å². The van der Waals surface area contributed by atoms with Crippen LogP contribution in [0, 0.1) is 22.5 Å². The number of nitro groups is 1. The van der Waals surface area contributed by atoms with Gasteiger partial charge in [0.25, 0.3) is 11.6 Å². The lowest BCUT2D eigenvalue weighted by atomic mass is 9.71. The Kier molecular flexibility index (Phi) is 6.92. The molecule has 37 heavy (non-hydrogen) atoms. The van der Waals surface area contributed by atoms with Crippen molar-refractivity contribution in [2.45, 2.75) is 50.9 Å². The molecule has 2 aliphatic heterocycles. The minimum atomic E-state index is -0.508. The molecule has 2 aromatic carbocycles. The van der Waals surface area contributed by atoms with Gasteiger partial charge in [-0.15, -0.1) is 0 Å². The highest BCUT2D eigenvalue weighted by Gasteiger charge is 2.54. The number of hydrogen-bond donors (Lipinski definition) is 0. The van der Waals surface area contributed by atoms with Gasteiger partial charge in [0.2, 0.25) is 5.91 Å². The van der Waals surface area contributed by atoms with Crippen LogP contribution >= 0.6 is 34.8 Å². The number of piperidine rings is 2. The Hall–Kier alpha value is -2.35. The molecule has 196 valence electrons. The van der Waals surface area contributed by atoms with Crippen LogP contribution in [0.3, 0.4) is 0 Å². The normalized spacial score (nSPS) is 20.1. The second-order valence-corrected chi connectivity index (χ2v) is 11.9. The van der Waals surface area contributed by atoms with Crippen LogP contribution < -0.4 is 0 Å². The Labute approximate surface area is 230 Å². The fourth-order valence-electron chi connectivity index (χ4n) is 5.96. The monoisotopic (exact) mass is 563 g/mol. The summed E-state index contributed by atoms with van der Waals surface area (Å²) in [6, 6.07) is 8.29. The van der Waals surface area contributed by atoms with Crippen LogP contribution in [0.1, 0.15) is 60.0 Å². The lowest BCUT2D eigenvalue weighted by Gasteiger charge is -2.47. The molecule has 0 N–H and O–H groups in total. The topological polar surface area (TPSA) is 83.8 Å². The maximum atomic E-state index is 13.5. The Balaban J connectivity index is 1.21. The minimum absolute atomic E-state index is 0.100. The van der Waals surface area contributed by atoms with Crippen LogP contribution in [0.2, 0.25) is 15.1 Å². The van der Waals surface area contributed by atoms with Crippen LogP contribution in [0.5, 0.6) is 0 Å². The number of likely N-dealkylation sites (tertiary alicyclic amines) is 2. The van der Waals surface area contributed by atoms with Crippen molar-refractivity contribution >= 4 is 52.3 Å². The van der Waals surface area contributed by atoms with Crippen molar-refractivity contribution in [3.63, 3.8) is 0 Å². The third kappa shape index (κ3) is 4.82. The van der Waals surface area contributed by atoms with Gasteiger partial charge < -0.3 is 9.80 Å². The summed E-state index contributed by atoms with van der Waals surface area (Å²) < 4.78 is 0. The zero-order chi connectivity index (χ0) is 26.5. The first-order valence-electron chi connectivity index (χ1n) is 12.5. The smallest absolute Gasteiger partial charge is 0.274 e. The summed E-state index contributed by atoms with van der Waals surface area (Å²) in [6.45, 7) is 4.16. The van der Waals surface area contributed by atoms with Gasteiger partial charge in [-0.25, -0.2) is 0 Å². The van der Waals surface area contributed by atoms with E-state index in [9.17, 15) is 19.7 Å². The summed E-state index contributed by atoms with van der Waals surface area (Å²) in [7, 11) is 0. The molecule has 0 aromatic heterocycles. The van der Waals surface area contributed by atoms with Gasteiger partial charge in [0.15, 0.2) is 0 Å². The third-order valence-corrected chi connectivity index (χ3v) is 9.58. The third-order valence-electron chi connectivity index (χ3n) is 8.63. The molecular weight excluding hydrogens is 537 g/mol. The molecule has 0 radical (unpaired) electrons. The quantitative estimate of drug-likeness (QED) is 0.316. The molecule has 1 aliphatic carbocycles. The van der Waals surface area contributed by atoms with E-state index >= 15 is 0 Å². The largest absolute Gasteiger partial charge is 0.342 e. The van der Waals surface area contributed by atoms with E-state index < -0.39 is 10.3 Å². The number of rotatable bonds is 4. The van der Waals surface area contributed by atoms with Gasteiger partial charge in [-0.2, -0.15) is 0 Å². The molecule has 0 unspecified atom stereocenters. The predicted molar refractivity (Wildman–Crippen MR) is 144 cm³/mol. The Bertz CT molecular complexity index is 1280. The SMILES string of the molecule is Cc1c(C(=O)N2CCC3(CC2)CCN(C(=O)C2(c4ccc(Cl)c(Cl)c4)CC2)CC3)cc(Cl)cc1[N+](=O)[O-]. The molecule has 1 saturated carbocycles. The predicted octanol–water partition coefficient (Wildman–Crippen LogP) is 6.44. The van der Waals surface area contributed by atoms with E-state index in [0.29, 0.717) is 41.8 Å². The first-order valence-corrected chi connectivity index (χ1v) is 13.7. The number of hydrogen-bond acceptors (Lipinski definition) is 4. The highest BCUT2D eigenvalue weighted by molar-refractivity contribution is 6.42.